The van der Waals surface area contributed by atoms with Crippen LogP contribution in [0.15, 0.2) is 18.2 Å². The minimum Gasteiger partial charge on any atom is -0.264 e. The van der Waals surface area contributed by atoms with Crippen LogP contribution < -0.4 is 0 Å². The fourth-order valence-corrected chi connectivity index (χ4v) is 2.03. The Kier molecular flexibility index (Phi) is 3.63. The molecule has 0 amide bonds. The molecule has 0 fully saturated rings. The SMILES string of the molecule is Cn1nc(C(F)(F)F)n(-c2ccc(Cl)c(Cl)c2)c1=S. The van der Waals surface area contributed by atoms with E-state index in [1.165, 1.54) is 25.2 Å². The summed E-state index contributed by atoms with van der Waals surface area (Å²) in [5.41, 5.74) is 0.153. The van der Waals surface area contributed by atoms with E-state index in [0.29, 0.717) is 0 Å². The van der Waals surface area contributed by atoms with Gasteiger partial charge >= 0.3 is 6.18 Å². The van der Waals surface area contributed by atoms with Crippen LogP contribution in [0.4, 0.5) is 13.2 Å². The molecule has 2 rings (SSSR count). The van der Waals surface area contributed by atoms with Gasteiger partial charge in [-0.1, -0.05) is 23.2 Å². The average molecular weight is 328 g/mol. The van der Waals surface area contributed by atoms with Crippen molar-refractivity contribution in [2.75, 3.05) is 0 Å². The second-order valence-corrected chi connectivity index (χ2v) is 4.84. The van der Waals surface area contributed by atoms with Crippen molar-refractivity contribution < 1.29 is 13.2 Å². The predicted molar refractivity (Wildman–Crippen MR) is 68.4 cm³/mol. The van der Waals surface area contributed by atoms with Crippen molar-refractivity contribution in [1.29, 1.82) is 0 Å². The zero-order valence-corrected chi connectivity index (χ0v) is 11.7. The smallest absolute Gasteiger partial charge is 0.264 e. The summed E-state index contributed by atoms with van der Waals surface area (Å²) in [6.45, 7) is 0. The van der Waals surface area contributed by atoms with Gasteiger partial charge in [0.2, 0.25) is 10.6 Å². The Morgan fingerprint density at radius 1 is 1.21 bits per heavy atom. The van der Waals surface area contributed by atoms with Crippen LogP contribution in [0.25, 0.3) is 5.69 Å². The minimum absolute atomic E-state index is 0.0919. The molecule has 0 N–H and O–H groups in total. The number of hydrogen-bond acceptors (Lipinski definition) is 2. The zero-order valence-electron chi connectivity index (χ0n) is 9.37. The lowest BCUT2D eigenvalue weighted by Crippen LogP contribution is -2.14. The molecule has 19 heavy (non-hydrogen) atoms. The number of hydrogen-bond donors (Lipinski definition) is 0. The van der Waals surface area contributed by atoms with Gasteiger partial charge in [0.05, 0.1) is 15.7 Å². The van der Waals surface area contributed by atoms with Crippen LogP contribution in [0.2, 0.25) is 10.0 Å². The first kappa shape index (κ1) is 14.4. The monoisotopic (exact) mass is 327 g/mol. The molecule has 2 aromatic rings. The summed E-state index contributed by atoms with van der Waals surface area (Å²) in [6.07, 6.45) is -4.62. The third kappa shape index (κ3) is 2.63. The molecule has 0 unspecified atom stereocenters. The largest absolute Gasteiger partial charge is 0.452 e. The highest BCUT2D eigenvalue weighted by Gasteiger charge is 2.38. The number of halogens is 5. The molecule has 0 aliphatic heterocycles. The average Bonchev–Trinajstić information content (AvgIpc) is 2.60. The number of benzene rings is 1. The van der Waals surface area contributed by atoms with Gasteiger partial charge in [0, 0.05) is 7.05 Å². The van der Waals surface area contributed by atoms with Crippen molar-refractivity contribution in [3.05, 3.63) is 38.8 Å². The first-order valence-electron chi connectivity index (χ1n) is 4.90. The van der Waals surface area contributed by atoms with E-state index >= 15 is 0 Å². The summed E-state index contributed by atoms with van der Waals surface area (Å²) in [6, 6.07) is 4.09. The number of rotatable bonds is 1. The molecule has 0 atom stereocenters. The van der Waals surface area contributed by atoms with Crippen LogP contribution >= 0.6 is 35.4 Å². The number of nitrogens with zero attached hydrogens (tertiary/aromatic N) is 3. The predicted octanol–water partition coefficient (Wildman–Crippen LogP) is 4.27. The van der Waals surface area contributed by atoms with E-state index in [0.717, 1.165) is 9.25 Å². The zero-order chi connectivity index (χ0) is 14.4. The first-order valence-corrected chi connectivity index (χ1v) is 6.07. The first-order chi connectivity index (χ1) is 8.71. The Morgan fingerprint density at radius 3 is 2.37 bits per heavy atom. The van der Waals surface area contributed by atoms with Crippen molar-refractivity contribution in [1.82, 2.24) is 14.3 Å². The van der Waals surface area contributed by atoms with Crippen LogP contribution in [0.3, 0.4) is 0 Å². The fourth-order valence-electron chi connectivity index (χ4n) is 1.51. The summed E-state index contributed by atoms with van der Waals surface area (Å²) in [7, 11) is 1.34. The molecule has 0 bridgehead atoms. The maximum Gasteiger partial charge on any atom is 0.452 e. The molecule has 1 aromatic carbocycles. The van der Waals surface area contributed by atoms with Crippen LogP contribution in [-0.4, -0.2) is 14.3 Å². The summed E-state index contributed by atoms with van der Waals surface area (Å²) >= 11 is 16.5. The highest BCUT2D eigenvalue weighted by Crippen LogP contribution is 2.31. The van der Waals surface area contributed by atoms with Gasteiger partial charge in [0.1, 0.15) is 0 Å². The van der Waals surface area contributed by atoms with Gasteiger partial charge in [-0.05, 0) is 30.4 Å². The quantitative estimate of drug-likeness (QED) is 0.730. The van der Waals surface area contributed by atoms with Crippen molar-refractivity contribution in [3.8, 4) is 5.69 Å². The molecule has 0 saturated heterocycles. The lowest BCUT2D eigenvalue weighted by molar-refractivity contribution is -0.146. The van der Waals surface area contributed by atoms with E-state index in [9.17, 15) is 13.2 Å². The Morgan fingerprint density at radius 2 is 1.84 bits per heavy atom. The van der Waals surface area contributed by atoms with Crippen molar-refractivity contribution in [2.45, 2.75) is 6.18 Å². The standard InChI is InChI=1S/C10H6Cl2F3N3S/c1-17-9(19)18(8(16-17)10(13,14)15)5-2-3-6(11)7(12)4-5/h2-4H,1H3. The van der Waals surface area contributed by atoms with E-state index in [-0.39, 0.29) is 20.5 Å². The van der Waals surface area contributed by atoms with Gasteiger partial charge < -0.3 is 0 Å². The van der Waals surface area contributed by atoms with Crippen molar-refractivity contribution >= 4 is 35.4 Å². The number of alkyl halides is 3. The second-order valence-electron chi connectivity index (χ2n) is 3.66. The van der Waals surface area contributed by atoms with Gasteiger partial charge in [-0.2, -0.15) is 13.2 Å². The van der Waals surface area contributed by atoms with E-state index in [1.54, 1.807) is 0 Å². The second kappa shape index (κ2) is 4.81. The molecule has 1 heterocycles. The van der Waals surface area contributed by atoms with Crippen molar-refractivity contribution in [2.24, 2.45) is 7.05 Å². The molecule has 3 nitrogen and oxygen atoms in total. The summed E-state index contributed by atoms with van der Waals surface area (Å²) in [4.78, 5) is 0. The van der Waals surface area contributed by atoms with Gasteiger partial charge in [0.15, 0.2) is 0 Å². The lowest BCUT2D eigenvalue weighted by Gasteiger charge is -2.09. The van der Waals surface area contributed by atoms with Crippen molar-refractivity contribution in [3.63, 3.8) is 0 Å². The van der Waals surface area contributed by atoms with Gasteiger partial charge in [-0.25, -0.2) is 4.68 Å². The maximum absolute atomic E-state index is 12.9. The third-order valence-corrected chi connectivity index (χ3v) is 3.53. The Labute approximate surface area is 121 Å². The van der Waals surface area contributed by atoms with E-state index < -0.39 is 12.0 Å². The molecule has 102 valence electrons. The molecule has 0 aliphatic rings. The summed E-state index contributed by atoms with van der Waals surface area (Å²) in [5.74, 6) is -1.11. The highest BCUT2D eigenvalue weighted by molar-refractivity contribution is 7.71. The topological polar surface area (TPSA) is 22.8 Å². The molecule has 9 heteroatoms. The third-order valence-electron chi connectivity index (χ3n) is 2.34. The number of aromatic nitrogens is 3. The Bertz CT molecular complexity index is 690. The normalized spacial score (nSPS) is 11.9. The van der Waals surface area contributed by atoms with Gasteiger partial charge in [-0.15, -0.1) is 5.10 Å². The molecule has 0 radical (unpaired) electrons. The van der Waals surface area contributed by atoms with E-state index in [1.807, 2.05) is 0 Å². The van der Waals surface area contributed by atoms with Gasteiger partial charge in [0.25, 0.3) is 0 Å². The Hall–Kier alpha value is -1.05. The summed E-state index contributed by atoms with van der Waals surface area (Å²) in [5, 5.41) is 3.77. The molecule has 0 aliphatic carbocycles. The van der Waals surface area contributed by atoms with Crippen LogP contribution in [0.1, 0.15) is 5.82 Å². The fraction of sp³-hybridized carbons (Fsp3) is 0.200. The summed E-state index contributed by atoms with van der Waals surface area (Å²) < 4.78 is 40.4. The molecule has 0 spiro atoms. The molecule has 1 aromatic heterocycles. The van der Waals surface area contributed by atoms with Crippen LogP contribution in [0.5, 0.6) is 0 Å². The molecular weight excluding hydrogens is 322 g/mol. The number of aryl methyl sites for hydroxylation is 1. The minimum atomic E-state index is -4.62. The van der Waals surface area contributed by atoms with E-state index in [4.69, 9.17) is 35.4 Å². The maximum atomic E-state index is 12.9. The van der Waals surface area contributed by atoms with Gasteiger partial charge in [-0.3, -0.25) is 4.57 Å². The van der Waals surface area contributed by atoms with E-state index in [2.05, 4.69) is 5.10 Å². The lowest BCUT2D eigenvalue weighted by atomic mass is 10.3. The highest BCUT2D eigenvalue weighted by atomic mass is 35.5. The molecule has 0 saturated carbocycles. The molecular formula is C10H6Cl2F3N3S. The Balaban J connectivity index is 2.74. The van der Waals surface area contributed by atoms with Crippen LogP contribution in [-0.2, 0) is 13.2 Å². The van der Waals surface area contributed by atoms with Crippen LogP contribution in [0, 0.1) is 4.77 Å².